The fraction of sp³-hybridized carbons (Fsp3) is 0.661. The van der Waals surface area contributed by atoms with Crippen LogP contribution >= 0.6 is 98.4 Å². The molecule has 1 aromatic carbocycles. The number of benzene rings is 1. The molecule has 12 N–H and O–H groups in total. The molecule has 0 aliphatic carbocycles. The molecule has 1 aromatic rings. The van der Waals surface area contributed by atoms with Crippen LogP contribution in [0.3, 0.4) is 0 Å². The van der Waals surface area contributed by atoms with Crippen LogP contribution in [0, 0.1) is 10.1 Å². The summed E-state index contributed by atoms with van der Waals surface area (Å²) in [6, 6.07) is 5.10. The average Bonchev–Trinajstić information content (AvgIpc) is 0.859. The number of esters is 3. The standard InChI is InChI=1S/C22H38N2O12.C19H32N2O12.C8H7NO5.C6H11NO4.C4H9NO2.I3.I2.HI/c1-30-18(26)7-11-34-14-22(15-35-12-8-19(27)31-2,16-36-13-9-20(28)32-3)24-17(25)6-5-10-23-21(29)33-4;1-30-18(29)20-7-2-3-14(22)21-19(11-31-8-4-15(23)24,12-32-9-5-16(25)26)13-33-10-6-17(27)28;1-13-8(10)14-7-4-2-6(3-5-7)9(11)12;1-11-6(10)7-4-2-3-5(8)9;5-3-1-2-4(6)7;1-3-2;1-2;/h5-16H2,1-4H3,(H,23,29)(H,24,25);2-13H2,1H3,(H,20,29)(H,21,22)(H,23,24)(H,25,26)(H,27,28);2-5H,1H3;2-4H2,1H3,(H,7,10)(H,8,9);1-3,5H2,(H,6,7);;;1H/q;;;;;-1;;. The number of halogens is 6. The fourth-order valence-electron chi connectivity index (χ4n) is 6.59. The van der Waals surface area contributed by atoms with Crippen LogP contribution in [0.1, 0.15) is 89.9 Å². The number of ether oxygens (including phenoxy) is 14. The molecule has 0 unspecified atom stereocenters. The van der Waals surface area contributed by atoms with Gasteiger partial charge in [0.15, 0.2) is 0 Å². The van der Waals surface area contributed by atoms with Gasteiger partial charge >= 0.3 is 123 Å². The summed E-state index contributed by atoms with van der Waals surface area (Å²) in [5.74, 6) is -6.94. The van der Waals surface area contributed by atoms with Gasteiger partial charge in [-0.15, -0.1) is 24.0 Å². The van der Waals surface area contributed by atoms with Gasteiger partial charge in [0.2, 0.25) is 11.8 Å². The zero-order valence-electron chi connectivity index (χ0n) is 59.8. The molecule has 48 heteroatoms. The third kappa shape index (κ3) is 81.3. The maximum Gasteiger partial charge on any atom is 0.303 e. The van der Waals surface area contributed by atoms with E-state index in [9.17, 15) is 77.2 Å². The monoisotopic (exact) mass is 2230 g/mol. The zero-order chi connectivity index (χ0) is 82.0. The van der Waals surface area contributed by atoms with Gasteiger partial charge in [0.1, 0.15) is 16.8 Å². The second kappa shape index (κ2) is 80.0. The molecule has 0 aliphatic rings. The van der Waals surface area contributed by atoms with E-state index in [1.54, 1.807) is 0 Å². The number of carbonyl (C=O) groups is 14. The molecule has 107 heavy (non-hydrogen) atoms. The number of non-ortho nitro benzene ring substituents is 1. The Labute approximate surface area is 687 Å². The molecule has 0 heterocycles. The average molecular weight is 2230 g/mol. The summed E-state index contributed by atoms with van der Waals surface area (Å²) in [5, 5.41) is 65.5. The minimum absolute atomic E-state index is 0. The number of nitro benzene ring substituents is 1. The van der Waals surface area contributed by atoms with Crippen LogP contribution in [-0.2, 0) is 110 Å². The van der Waals surface area contributed by atoms with E-state index >= 15 is 0 Å². The number of nitrogens with two attached hydrogens (primary N) is 1. The van der Waals surface area contributed by atoms with E-state index in [0.717, 1.165) is 0 Å². The van der Waals surface area contributed by atoms with Crippen molar-refractivity contribution in [3.8, 4) is 5.75 Å². The van der Waals surface area contributed by atoms with Crippen molar-refractivity contribution in [2.75, 3.05) is 155 Å². The van der Waals surface area contributed by atoms with Gasteiger partial charge in [0, 0.05) is 94.7 Å². The first-order valence-corrected chi connectivity index (χ1v) is 49.7. The van der Waals surface area contributed by atoms with Crippen molar-refractivity contribution in [2.45, 2.75) is 101 Å². The minimum Gasteiger partial charge on any atom is -0.481 e. The van der Waals surface area contributed by atoms with Crippen molar-refractivity contribution in [2.24, 2.45) is 5.73 Å². The SMILES string of the molecule is COC(=O)CCOCC(COCCC(=O)OC)(COCCC(=O)OC)NC(=O)CCCNC(=O)OC.COC(=O)NCCCC(=O)NC(COCCC(=O)O)(COCCC(=O)O)COCCC(=O)O.COC(=O)NCCCC(=O)O.COC(=O)Oc1ccc([N+](=O)[O-])cc1.I.II.I[I-]I.NCCCC(=O)O. The third-order valence-corrected chi connectivity index (χ3v) is 11.6. The molecule has 0 fully saturated rings. The van der Waals surface area contributed by atoms with E-state index in [4.69, 9.17) is 59.7 Å². The maximum absolute atomic E-state index is 12.7. The van der Waals surface area contributed by atoms with Gasteiger partial charge in [0.05, 0.1) is 172 Å². The zero-order valence-corrected chi connectivity index (χ0v) is 72.9. The van der Waals surface area contributed by atoms with E-state index in [0.29, 0.717) is 45.6 Å². The molecule has 5 amide bonds. The van der Waals surface area contributed by atoms with Crippen molar-refractivity contribution in [1.29, 1.82) is 0 Å². The number of alkyl carbamates (subject to hydrolysis) is 3. The number of nitrogens with one attached hydrogen (secondary N) is 5. The Morgan fingerprint density at radius 1 is 0.430 bits per heavy atom. The first-order chi connectivity index (χ1) is 50.3. The number of carbonyl (C=O) groups excluding carboxylic acids is 9. The molecule has 622 valence electrons. The first kappa shape index (κ1) is 115. The van der Waals surface area contributed by atoms with Crippen LogP contribution in [0.4, 0.5) is 24.9 Å². The molecule has 0 aromatic heterocycles. The summed E-state index contributed by atoms with van der Waals surface area (Å²) in [5.41, 5.74) is 2.40. The Hall–Kier alpha value is -5.50. The smallest absolute Gasteiger partial charge is 0.303 e. The predicted octanol–water partition coefficient (Wildman–Crippen LogP) is 2.09. The van der Waals surface area contributed by atoms with Crippen LogP contribution in [0.5, 0.6) is 5.75 Å². The van der Waals surface area contributed by atoms with E-state index < -0.39 is 94.1 Å². The number of nitro groups is 1. The van der Waals surface area contributed by atoms with Crippen molar-refractivity contribution >= 4 is 188 Å². The van der Waals surface area contributed by atoms with E-state index in [1.165, 1.54) is 74.0 Å². The maximum atomic E-state index is 12.7. The molecule has 1 rings (SSSR count). The number of rotatable bonds is 49. The molecular weight excluding hydrogens is 2130 g/mol. The molecule has 0 spiro atoms. The molecular formula is C59H98I6N7O35-. The molecule has 0 radical (unpaired) electrons. The van der Waals surface area contributed by atoms with Crippen molar-refractivity contribution < 1.29 is 177 Å². The number of hydrogen-bond acceptors (Lipinski definition) is 31. The normalized spacial score (nSPS) is 9.94. The fourth-order valence-corrected chi connectivity index (χ4v) is 6.59. The number of carboxylic acids is 5. The van der Waals surface area contributed by atoms with Gasteiger partial charge in [0.25, 0.3) is 5.69 Å². The number of methoxy groups -OCH3 is 7. The second-order valence-corrected chi connectivity index (χ2v) is 36.2. The number of nitrogens with zero attached hydrogens (tertiary/aromatic N) is 1. The number of aliphatic carboxylic acids is 5. The van der Waals surface area contributed by atoms with E-state index in [2.05, 4.69) is 139 Å². The van der Waals surface area contributed by atoms with Gasteiger partial charge in [-0.25, -0.2) is 19.2 Å². The van der Waals surface area contributed by atoms with Crippen LogP contribution in [0.25, 0.3) is 0 Å². The second-order valence-electron chi connectivity index (χ2n) is 20.0. The first-order valence-electron chi connectivity index (χ1n) is 30.8. The van der Waals surface area contributed by atoms with Crippen LogP contribution in [-0.4, -0.2) is 281 Å². The Morgan fingerprint density at radius 2 is 0.692 bits per heavy atom. The largest absolute Gasteiger partial charge is 0.481 e. The van der Waals surface area contributed by atoms with Crippen LogP contribution < -0.4 is 50.3 Å². The number of amides is 5. The summed E-state index contributed by atoms with van der Waals surface area (Å²) in [4.78, 5) is 164. The third-order valence-electron chi connectivity index (χ3n) is 11.6. The van der Waals surface area contributed by atoms with Crippen molar-refractivity contribution in [3.63, 3.8) is 0 Å². The quantitative estimate of drug-likeness (QED) is 0.00846. The van der Waals surface area contributed by atoms with Gasteiger partial charge in [-0.1, -0.05) is 0 Å². The Bertz CT molecular complexity index is 2530. The predicted molar refractivity (Wildman–Crippen MR) is 413 cm³/mol. The van der Waals surface area contributed by atoms with E-state index in [1.807, 2.05) is 0 Å². The van der Waals surface area contributed by atoms with E-state index in [-0.39, 0.29) is 204 Å². The van der Waals surface area contributed by atoms with Crippen LogP contribution in [0.2, 0.25) is 0 Å². The van der Waals surface area contributed by atoms with Gasteiger partial charge in [-0.2, -0.15) is 0 Å². The number of carboxylic acid groups (broad SMARTS) is 5. The molecule has 0 aliphatic heterocycles. The Balaban J connectivity index is -0.000000254. The molecule has 0 atom stereocenters. The van der Waals surface area contributed by atoms with Crippen molar-refractivity contribution in [1.82, 2.24) is 26.6 Å². The molecule has 42 nitrogen and oxygen atoms in total. The van der Waals surface area contributed by atoms with Gasteiger partial charge in [-0.3, -0.25) is 58.1 Å². The Kier molecular flexibility index (Phi) is 85.9. The number of hydrogen-bond donors (Lipinski definition) is 11. The molecule has 0 bridgehead atoms. The summed E-state index contributed by atoms with van der Waals surface area (Å²) >= 11 is 9.54. The van der Waals surface area contributed by atoms with Crippen molar-refractivity contribution in [3.05, 3.63) is 34.4 Å². The summed E-state index contributed by atoms with van der Waals surface area (Å²) < 4.78 is 68.7. The topological polar surface area (TPSA) is 599 Å². The van der Waals surface area contributed by atoms with Crippen LogP contribution in [0.15, 0.2) is 24.3 Å². The summed E-state index contributed by atoms with van der Waals surface area (Å²) in [6.07, 6.45) is -1.64. The van der Waals surface area contributed by atoms with Gasteiger partial charge < -0.3 is 124 Å². The summed E-state index contributed by atoms with van der Waals surface area (Å²) in [7, 11) is 8.64. The summed E-state index contributed by atoms with van der Waals surface area (Å²) in [6.45, 7) is -0.281. The Morgan fingerprint density at radius 3 is 0.916 bits per heavy atom. The minimum atomic E-state index is -1.33. The molecule has 0 saturated heterocycles. The molecule has 0 saturated carbocycles. The van der Waals surface area contributed by atoms with Gasteiger partial charge in [-0.05, 0) is 44.4 Å².